The van der Waals surface area contributed by atoms with E-state index in [0.717, 1.165) is 58.4 Å². The fourth-order valence-electron chi connectivity index (χ4n) is 9.15. The molecule has 0 aliphatic rings. The molecule has 8 rings (SSSR count). The molecule has 0 unspecified atom stereocenters. The van der Waals surface area contributed by atoms with E-state index in [-0.39, 0.29) is 21.1 Å². The number of hydrogen-bond acceptors (Lipinski definition) is 8. The predicted molar refractivity (Wildman–Crippen MR) is 316 cm³/mol. The van der Waals surface area contributed by atoms with Gasteiger partial charge in [-0.1, -0.05) is 182 Å². The molecule has 15 heteroatoms. The number of methoxy groups -OCH3 is 6. The average molecular weight is 1190 g/mol. The molecule has 0 amide bonds. The molecular weight excluding hydrogens is 1120 g/mol. The zero-order valence-corrected chi connectivity index (χ0v) is 49.5. The van der Waals surface area contributed by atoms with Crippen LogP contribution >= 0.6 is 35.2 Å². The normalized spacial score (nSPS) is 11.5. The molecule has 8 aromatic rings. The second-order valence-electron chi connectivity index (χ2n) is 18.1. The quantitative estimate of drug-likeness (QED) is 0.0514. The second kappa shape index (κ2) is 30.4. The summed E-state index contributed by atoms with van der Waals surface area (Å²) in [5.41, 5.74) is 25.1. The SMILES string of the molecule is COc1cc([PH+](Cc2ccccc2)Cc2ccccc2)c(-c2c([PH+](Cc3ccccc3)Cc3ccccc3)cc(OC)nc2OC)c(OC)n1.COc1ccc(C([NH-])(c2ccc(OC)cc2)[C@H]([NH-])C(C)C)cc1.[Cl][Ru+2][Cl]. The summed E-state index contributed by atoms with van der Waals surface area (Å²) >= 11 is -0.346. The fraction of sp³-hybridized carbons (Fsp3) is 0.246. The summed E-state index contributed by atoms with van der Waals surface area (Å²) in [6, 6.07) is 61.4. The van der Waals surface area contributed by atoms with E-state index in [1.165, 1.54) is 32.9 Å². The Morgan fingerprint density at radius 3 is 0.987 bits per heavy atom. The molecule has 0 aliphatic heterocycles. The van der Waals surface area contributed by atoms with Crippen LogP contribution in [0, 0.1) is 5.92 Å². The first-order chi connectivity index (χ1) is 36.9. The van der Waals surface area contributed by atoms with Crippen LogP contribution in [0.1, 0.15) is 47.2 Å². The van der Waals surface area contributed by atoms with Crippen molar-refractivity contribution in [3.05, 3.63) is 227 Å². The third-order valence-electron chi connectivity index (χ3n) is 13.0. The Morgan fingerprint density at radius 2 is 0.750 bits per heavy atom. The van der Waals surface area contributed by atoms with Crippen LogP contribution < -0.4 is 39.0 Å². The first-order valence-electron chi connectivity index (χ1n) is 24.7. The second-order valence-corrected chi connectivity index (χ2v) is 25.6. The van der Waals surface area contributed by atoms with Gasteiger partial charge in [-0.3, -0.25) is 0 Å². The van der Waals surface area contributed by atoms with Crippen molar-refractivity contribution in [3.8, 4) is 46.1 Å². The van der Waals surface area contributed by atoms with Crippen LogP contribution in [0.2, 0.25) is 0 Å². The maximum absolute atomic E-state index is 9.12. The average Bonchev–Trinajstić information content (AvgIpc) is 3.50. The van der Waals surface area contributed by atoms with Gasteiger partial charge in [0, 0.05) is 28.0 Å². The van der Waals surface area contributed by atoms with E-state index >= 15 is 0 Å². The molecular formula is C61H68Cl2N4O6P2Ru+2. The van der Waals surface area contributed by atoms with Crippen molar-refractivity contribution in [2.75, 3.05) is 42.7 Å². The molecule has 2 N–H and O–H groups in total. The van der Waals surface area contributed by atoms with Gasteiger partial charge in [-0.05, 0) is 46.5 Å². The molecule has 0 fully saturated rings. The number of halogens is 2. The molecule has 2 heterocycles. The number of hydrogen-bond donors (Lipinski definition) is 0. The molecule has 0 bridgehead atoms. The molecule has 10 nitrogen and oxygen atoms in total. The van der Waals surface area contributed by atoms with Crippen molar-refractivity contribution in [3.63, 3.8) is 0 Å². The summed E-state index contributed by atoms with van der Waals surface area (Å²) in [4.78, 5) is 9.80. The molecule has 398 valence electrons. The van der Waals surface area contributed by atoms with E-state index < -0.39 is 27.4 Å². The molecule has 0 aliphatic carbocycles. The summed E-state index contributed by atoms with van der Waals surface area (Å²) in [5.74, 6) is 3.58. The van der Waals surface area contributed by atoms with E-state index in [9.17, 15) is 0 Å². The van der Waals surface area contributed by atoms with Crippen molar-refractivity contribution in [1.29, 1.82) is 0 Å². The zero-order chi connectivity index (χ0) is 54.5. The van der Waals surface area contributed by atoms with Crippen molar-refractivity contribution < 1.29 is 43.6 Å². The van der Waals surface area contributed by atoms with Crippen LogP contribution in [0.3, 0.4) is 0 Å². The van der Waals surface area contributed by atoms with Gasteiger partial charge in [-0.25, -0.2) is 0 Å². The van der Waals surface area contributed by atoms with Gasteiger partial charge in [-0.15, -0.1) is 6.04 Å². The number of aromatic nitrogens is 2. The van der Waals surface area contributed by atoms with Gasteiger partial charge in [0.15, 0.2) is 0 Å². The van der Waals surface area contributed by atoms with Gasteiger partial charge in [0.2, 0.25) is 23.5 Å². The first-order valence-corrected chi connectivity index (χ1v) is 33.0. The summed E-state index contributed by atoms with van der Waals surface area (Å²) in [6.45, 7) is 3.96. The van der Waals surface area contributed by atoms with Crippen molar-refractivity contribution in [2.45, 2.75) is 50.1 Å². The summed E-state index contributed by atoms with van der Waals surface area (Å²) < 4.78 is 34.4. The fourth-order valence-corrected chi connectivity index (χ4v) is 14.9. The minimum atomic E-state index is -1.37. The Labute approximate surface area is 468 Å². The van der Waals surface area contributed by atoms with E-state index in [1.54, 1.807) is 42.7 Å². The molecule has 6 aromatic carbocycles. The van der Waals surface area contributed by atoms with Crippen LogP contribution in [0.4, 0.5) is 0 Å². The molecule has 0 spiro atoms. The van der Waals surface area contributed by atoms with Gasteiger partial charge in [0.05, 0.1) is 78.4 Å². The number of pyridine rings is 2. The molecule has 0 radical (unpaired) electrons. The van der Waals surface area contributed by atoms with E-state index in [0.29, 0.717) is 23.5 Å². The third-order valence-corrected chi connectivity index (χ3v) is 18.7. The van der Waals surface area contributed by atoms with Gasteiger partial charge >= 0.3 is 34.5 Å². The minimum absolute atomic E-state index is 0.0525. The Bertz CT molecular complexity index is 2700. The van der Waals surface area contributed by atoms with Crippen molar-refractivity contribution >= 4 is 45.8 Å². The Kier molecular flexibility index (Phi) is 23.8. The van der Waals surface area contributed by atoms with E-state index in [2.05, 4.69) is 133 Å². The summed E-state index contributed by atoms with van der Waals surface area (Å²) in [7, 11) is 16.9. The van der Waals surface area contributed by atoms with Crippen LogP contribution in [0.25, 0.3) is 22.6 Å². The van der Waals surface area contributed by atoms with Crippen LogP contribution in [0.5, 0.6) is 35.0 Å². The number of benzene rings is 6. The number of rotatable bonds is 21. The molecule has 0 saturated heterocycles. The van der Waals surface area contributed by atoms with Crippen molar-refractivity contribution in [2.24, 2.45) is 5.92 Å². The van der Waals surface area contributed by atoms with Gasteiger partial charge in [-0.2, -0.15) is 9.97 Å². The molecule has 2 aromatic heterocycles. The zero-order valence-electron chi connectivity index (χ0n) is 44.3. The molecule has 76 heavy (non-hydrogen) atoms. The van der Waals surface area contributed by atoms with Gasteiger partial charge in [0.1, 0.15) is 22.1 Å². The van der Waals surface area contributed by atoms with Gasteiger partial charge < -0.3 is 39.9 Å². The summed E-state index contributed by atoms with van der Waals surface area (Å²) in [6.07, 6.45) is 3.60. The third kappa shape index (κ3) is 15.8. The topological polar surface area (TPSA) is 129 Å². The maximum atomic E-state index is 9.12. The van der Waals surface area contributed by atoms with Crippen molar-refractivity contribution in [1.82, 2.24) is 9.97 Å². The van der Waals surface area contributed by atoms with Crippen LogP contribution in [-0.4, -0.2) is 58.7 Å². The van der Waals surface area contributed by atoms with E-state index in [1.807, 2.05) is 62.4 Å². The molecule has 1 atom stereocenters. The summed E-state index contributed by atoms with van der Waals surface area (Å²) in [5, 5.41) is 2.33. The number of nitrogens with zero attached hydrogens (tertiary/aromatic N) is 2. The Morgan fingerprint density at radius 1 is 0.461 bits per heavy atom. The van der Waals surface area contributed by atoms with Crippen LogP contribution in [-0.2, 0) is 45.3 Å². The Hall–Kier alpha value is -5.60. The standard InChI is InChI=1S/C42H42N2O4P2.C19H24N2O2.2ClH.Ru/c1-45-37-25-35(49(27-31-17-9-5-10-18-31)28-32-19-11-6-12-20-32)39(41(43-37)47-3)40-36(26-38(46-2)44-42(40)48-4)50(29-33-21-13-7-14-22-33)30-34-23-15-8-16-24-34;1-13(2)18(20)19(21,14-5-9-16(22-3)10-6-14)15-7-11-17(23-4)12-8-15;;;/h5-26H,27-30H2,1-4H3;5-13,18,20-21H,1-4H3;2*1H;/q;-2;;;+4/t;18-;;;/m.1.../s1. The first kappa shape index (κ1) is 59.6. The molecule has 0 saturated carbocycles. The Balaban J connectivity index is 0.000000300. The predicted octanol–water partition coefficient (Wildman–Crippen LogP) is 15.1. The van der Waals surface area contributed by atoms with Gasteiger partial charge in [0.25, 0.3) is 0 Å². The number of nitrogens with one attached hydrogen (secondary N) is 2. The monoisotopic (exact) mass is 1190 g/mol. The number of ether oxygens (including phenoxy) is 6. The van der Waals surface area contributed by atoms with E-state index in [4.69, 9.17) is 69.2 Å². The van der Waals surface area contributed by atoms with Crippen LogP contribution in [0.15, 0.2) is 182 Å².